The molecular weight excluding hydrogens is 236 g/mol. The van der Waals surface area contributed by atoms with Gasteiger partial charge in [-0.3, -0.25) is 4.98 Å². The molecule has 0 spiro atoms. The van der Waals surface area contributed by atoms with Crippen LogP contribution in [0.5, 0.6) is 0 Å². The smallest absolute Gasteiger partial charge is 0.403 e. The average molecular weight is 254 g/mol. The topological polar surface area (TPSA) is 31.4 Å². The molecule has 1 saturated heterocycles. The fourth-order valence-corrected chi connectivity index (χ4v) is 1.96. The van der Waals surface area contributed by atoms with Crippen LogP contribution in [0.25, 0.3) is 0 Å². The first-order chi connectivity index (χ1) is 7.80. The maximum absolute atomic E-state index is 5.92. The van der Waals surface area contributed by atoms with Crippen LogP contribution in [-0.4, -0.2) is 23.3 Å². The van der Waals surface area contributed by atoms with E-state index in [1.165, 1.54) is 0 Å². The van der Waals surface area contributed by atoms with E-state index in [0.29, 0.717) is 11.3 Å². The molecule has 17 heavy (non-hydrogen) atoms. The van der Waals surface area contributed by atoms with Crippen molar-refractivity contribution in [2.75, 3.05) is 0 Å². The summed E-state index contributed by atoms with van der Waals surface area (Å²) in [5.74, 6) is 0. The molecule has 0 atom stereocenters. The quantitative estimate of drug-likeness (QED) is 0.760. The minimum atomic E-state index is -0.295. The van der Waals surface area contributed by atoms with Gasteiger partial charge in [-0.2, -0.15) is 0 Å². The van der Waals surface area contributed by atoms with Crippen LogP contribution in [0.1, 0.15) is 33.4 Å². The van der Waals surface area contributed by atoms with Crippen molar-refractivity contribution in [2.45, 2.75) is 45.2 Å². The van der Waals surface area contributed by atoms with Crippen molar-refractivity contribution in [1.82, 2.24) is 4.98 Å². The van der Waals surface area contributed by atoms with Crippen LogP contribution in [0.4, 0.5) is 0 Å². The van der Waals surface area contributed by atoms with Crippen molar-refractivity contribution in [3.63, 3.8) is 0 Å². The van der Waals surface area contributed by atoms with E-state index >= 15 is 0 Å². The van der Waals surface area contributed by atoms with Gasteiger partial charge in [-0.15, -0.1) is 0 Å². The number of hydrogen-bond donors (Lipinski definition) is 0. The summed E-state index contributed by atoms with van der Waals surface area (Å²) in [4.78, 5) is 4.25. The molecule has 3 nitrogen and oxygen atoms in total. The molecule has 2 rings (SSSR count). The minimum absolute atomic E-state index is 0.258. The van der Waals surface area contributed by atoms with E-state index < -0.39 is 0 Å². The van der Waals surface area contributed by atoms with Gasteiger partial charge in [0, 0.05) is 23.2 Å². The van der Waals surface area contributed by atoms with Crippen molar-refractivity contribution in [1.29, 1.82) is 0 Å². The average Bonchev–Trinajstić information content (AvgIpc) is 2.34. The third-order valence-corrected chi connectivity index (χ3v) is 3.69. The van der Waals surface area contributed by atoms with Crippen molar-refractivity contribution in [2.24, 2.45) is 0 Å². The lowest BCUT2D eigenvalue weighted by atomic mass is 9.83. The molecule has 2 heterocycles. The van der Waals surface area contributed by atoms with E-state index in [1.54, 1.807) is 12.3 Å². The highest BCUT2D eigenvalue weighted by atomic mass is 35.5. The minimum Gasteiger partial charge on any atom is -0.403 e. The second-order valence-corrected chi connectivity index (χ2v) is 5.79. The Balaban J connectivity index is 2.08. The van der Waals surface area contributed by atoms with Gasteiger partial charge < -0.3 is 9.31 Å². The third-order valence-electron chi connectivity index (χ3n) is 3.46. The third kappa shape index (κ3) is 2.64. The summed E-state index contributed by atoms with van der Waals surface area (Å²) < 4.78 is 11.8. The van der Waals surface area contributed by atoms with Crippen LogP contribution in [0.3, 0.4) is 0 Å². The molecule has 0 N–H and O–H groups in total. The fourth-order valence-electron chi connectivity index (χ4n) is 1.78. The van der Waals surface area contributed by atoms with Crippen LogP contribution in [0.2, 0.25) is 5.02 Å². The van der Waals surface area contributed by atoms with Gasteiger partial charge in [-0.25, -0.2) is 0 Å². The lowest BCUT2D eigenvalue weighted by Gasteiger charge is -2.32. The molecule has 0 unspecified atom stereocenters. The molecule has 0 aromatic carbocycles. The zero-order valence-electron chi connectivity index (χ0n) is 10.7. The molecule has 92 valence electrons. The second kappa shape index (κ2) is 4.27. The Kier molecular flexibility index (Phi) is 3.23. The monoisotopic (exact) mass is 253 g/mol. The number of rotatable bonds is 2. The molecule has 1 fully saturated rings. The highest BCUT2D eigenvalue weighted by Crippen LogP contribution is 2.37. The van der Waals surface area contributed by atoms with Crippen LogP contribution < -0.4 is 0 Å². The fraction of sp³-hybridized carbons (Fsp3) is 0.583. The van der Waals surface area contributed by atoms with E-state index in [4.69, 9.17) is 20.9 Å². The lowest BCUT2D eigenvalue weighted by molar-refractivity contribution is 0.00578. The molecule has 1 aliphatic heterocycles. The van der Waals surface area contributed by atoms with Crippen LogP contribution >= 0.6 is 11.6 Å². The van der Waals surface area contributed by atoms with Crippen molar-refractivity contribution in [3.05, 3.63) is 29.0 Å². The molecule has 1 aliphatic rings. The van der Waals surface area contributed by atoms with Crippen LogP contribution in [0, 0.1) is 0 Å². The first-order valence-electron chi connectivity index (χ1n) is 5.76. The van der Waals surface area contributed by atoms with Gasteiger partial charge in [0.2, 0.25) is 0 Å². The SMILES string of the molecule is CC1(C)OB(Cc2cc(Cl)ccn2)OC1(C)C. The molecule has 1 aromatic rings. The maximum atomic E-state index is 5.92. The summed E-state index contributed by atoms with van der Waals surface area (Å²) in [5, 5.41) is 0.687. The van der Waals surface area contributed by atoms with Crippen molar-refractivity contribution >= 4 is 18.7 Å². The van der Waals surface area contributed by atoms with Gasteiger partial charge in [-0.05, 0) is 39.8 Å². The van der Waals surface area contributed by atoms with Gasteiger partial charge in [-0.1, -0.05) is 11.6 Å². The Morgan fingerprint density at radius 2 is 1.82 bits per heavy atom. The van der Waals surface area contributed by atoms with Gasteiger partial charge in [0.1, 0.15) is 0 Å². The van der Waals surface area contributed by atoms with Crippen molar-refractivity contribution in [3.8, 4) is 0 Å². The van der Waals surface area contributed by atoms with E-state index in [9.17, 15) is 0 Å². The predicted molar refractivity (Wildman–Crippen MR) is 69.0 cm³/mol. The number of pyridine rings is 1. The lowest BCUT2D eigenvalue weighted by Crippen LogP contribution is -2.41. The summed E-state index contributed by atoms with van der Waals surface area (Å²) in [5.41, 5.74) is 0.294. The van der Waals surface area contributed by atoms with Gasteiger partial charge >= 0.3 is 7.12 Å². The molecule has 0 bridgehead atoms. The van der Waals surface area contributed by atoms with Gasteiger partial charge in [0.25, 0.3) is 0 Å². The normalized spacial score (nSPS) is 21.8. The standard InChI is InChI=1S/C12H17BClNO2/c1-11(2)12(3,4)17-13(16-11)8-10-7-9(14)5-6-15-10/h5-7H,8H2,1-4H3. The first-order valence-corrected chi connectivity index (χ1v) is 6.14. The number of aromatic nitrogens is 1. The number of halogens is 1. The Morgan fingerprint density at radius 3 is 2.35 bits per heavy atom. The zero-order valence-corrected chi connectivity index (χ0v) is 11.4. The molecule has 0 aliphatic carbocycles. The zero-order chi connectivity index (χ0) is 12.7. The summed E-state index contributed by atoms with van der Waals surface area (Å²) in [6.07, 6.45) is 2.32. The number of hydrogen-bond acceptors (Lipinski definition) is 3. The first kappa shape index (κ1) is 12.9. The Labute approximate surface area is 108 Å². The predicted octanol–water partition coefficient (Wildman–Crippen LogP) is 2.91. The van der Waals surface area contributed by atoms with E-state index in [-0.39, 0.29) is 18.3 Å². The highest BCUT2D eigenvalue weighted by Gasteiger charge is 2.50. The molecule has 5 heteroatoms. The molecule has 1 aromatic heterocycles. The molecule has 0 saturated carbocycles. The van der Waals surface area contributed by atoms with E-state index in [1.807, 2.05) is 33.8 Å². The summed E-state index contributed by atoms with van der Waals surface area (Å²) in [6, 6.07) is 3.60. The molecule has 0 amide bonds. The molecule has 0 radical (unpaired) electrons. The Morgan fingerprint density at radius 1 is 1.24 bits per heavy atom. The number of nitrogens with zero attached hydrogens (tertiary/aromatic N) is 1. The van der Waals surface area contributed by atoms with E-state index in [0.717, 1.165) is 5.69 Å². The van der Waals surface area contributed by atoms with Crippen LogP contribution in [-0.2, 0) is 15.6 Å². The summed E-state index contributed by atoms with van der Waals surface area (Å²) in [6.45, 7) is 8.16. The molecular formula is C12H17BClNO2. The highest BCUT2D eigenvalue weighted by molar-refractivity contribution is 6.45. The van der Waals surface area contributed by atoms with Crippen molar-refractivity contribution < 1.29 is 9.31 Å². The Bertz CT molecular complexity index is 407. The van der Waals surface area contributed by atoms with Gasteiger partial charge in [0.15, 0.2) is 0 Å². The largest absolute Gasteiger partial charge is 0.464 e. The Hall–Kier alpha value is -0.575. The second-order valence-electron chi connectivity index (χ2n) is 5.36. The van der Waals surface area contributed by atoms with E-state index in [2.05, 4.69) is 4.98 Å². The van der Waals surface area contributed by atoms with Gasteiger partial charge in [0.05, 0.1) is 11.2 Å². The van der Waals surface area contributed by atoms with Crippen LogP contribution in [0.15, 0.2) is 18.3 Å². The summed E-state index contributed by atoms with van der Waals surface area (Å²) >= 11 is 5.92. The summed E-state index contributed by atoms with van der Waals surface area (Å²) in [7, 11) is -0.258. The maximum Gasteiger partial charge on any atom is 0.464 e.